The Labute approximate surface area is 211 Å². The topological polar surface area (TPSA) is 154 Å². The molecule has 0 saturated heterocycles. The minimum Gasteiger partial charge on any atom is -0.401 e. The number of carbonyl (C=O) groups excluding carboxylic acids is 2. The zero-order valence-electron chi connectivity index (χ0n) is 18.7. The maximum absolute atomic E-state index is 13.3. The average Bonchev–Trinajstić information content (AvgIpc) is 3.17. The smallest absolute Gasteiger partial charge is 0.245 e. The van der Waals surface area contributed by atoms with Crippen molar-refractivity contribution in [3.8, 4) is 0 Å². The molecule has 0 saturated carbocycles. The maximum Gasteiger partial charge on any atom is 0.245 e. The summed E-state index contributed by atoms with van der Waals surface area (Å²) in [5, 5.41) is 4.55. The number of carbonyl (C=O) groups is 2. The molecular weight excluding hydrogens is 570 g/mol. The van der Waals surface area contributed by atoms with Gasteiger partial charge in [0.1, 0.15) is 18.5 Å². The second-order valence-corrected chi connectivity index (χ2v) is 9.48. The summed E-state index contributed by atoms with van der Waals surface area (Å²) in [5.74, 6) is 5.32. The van der Waals surface area contributed by atoms with Crippen LogP contribution in [0.4, 0.5) is 5.69 Å². The van der Waals surface area contributed by atoms with Gasteiger partial charge in [-0.1, -0.05) is 13.8 Å². The molecule has 1 amide bonds. The molecule has 0 aliphatic rings. The fourth-order valence-electron chi connectivity index (χ4n) is 3.10. The highest BCUT2D eigenvalue weighted by molar-refractivity contribution is 14.2. The van der Waals surface area contributed by atoms with E-state index in [1.54, 1.807) is 18.5 Å². The van der Waals surface area contributed by atoms with Crippen LogP contribution in [0.5, 0.6) is 0 Å². The van der Waals surface area contributed by atoms with Gasteiger partial charge >= 0.3 is 0 Å². The van der Waals surface area contributed by atoms with Gasteiger partial charge in [0.15, 0.2) is 5.78 Å². The van der Waals surface area contributed by atoms with Crippen LogP contribution in [0.15, 0.2) is 49.1 Å². The van der Waals surface area contributed by atoms with E-state index in [1.807, 2.05) is 18.4 Å². The molecule has 34 heavy (non-hydrogen) atoms. The number of rotatable bonds is 11. The Hall–Kier alpha value is -2.67. The molecule has 3 aromatic rings. The fraction of sp³-hybridized carbons (Fsp3) is 0.286. The molecule has 3 aromatic heterocycles. The highest BCUT2D eigenvalue weighted by Crippen LogP contribution is 2.24. The van der Waals surface area contributed by atoms with Crippen molar-refractivity contribution in [3.63, 3.8) is 0 Å². The molecule has 180 valence electrons. The van der Waals surface area contributed by atoms with E-state index in [1.165, 1.54) is 29.9 Å². The largest absolute Gasteiger partial charge is 0.401 e. The summed E-state index contributed by atoms with van der Waals surface area (Å²) >= 11 is 2.16. The third-order valence-corrected chi connectivity index (χ3v) is 6.11. The van der Waals surface area contributed by atoms with Gasteiger partial charge in [-0.25, -0.2) is 15.8 Å². The predicted molar refractivity (Wildman–Crippen MR) is 140 cm³/mol. The number of hydrazine groups is 1. The number of pyridine rings is 1. The zero-order valence-corrected chi connectivity index (χ0v) is 21.9. The van der Waals surface area contributed by atoms with Gasteiger partial charge in [0.2, 0.25) is 5.91 Å². The van der Waals surface area contributed by atoms with Gasteiger partial charge in [0.05, 0.1) is 30.5 Å². The first kappa shape index (κ1) is 25.9. The normalized spacial score (nSPS) is 12.1. The second-order valence-electron chi connectivity index (χ2n) is 7.72. The lowest BCUT2D eigenvalue weighted by Crippen LogP contribution is -2.35. The van der Waals surface area contributed by atoms with Crippen LogP contribution in [-0.2, 0) is 15.9 Å². The molecule has 0 aliphatic heterocycles. The van der Waals surface area contributed by atoms with E-state index >= 15 is 0 Å². The van der Waals surface area contributed by atoms with E-state index in [-0.39, 0.29) is 24.2 Å². The van der Waals surface area contributed by atoms with Crippen LogP contribution < -0.4 is 16.9 Å². The Kier molecular flexibility index (Phi) is 9.28. The SMILES string of the molecule is CC(C)/C(N)=C/N(N)CC(=O)Nc1cncc(C(=O)c2cn(CCOPI)c3ncncc23)c1. The van der Waals surface area contributed by atoms with E-state index in [9.17, 15) is 9.59 Å². The number of nitrogens with one attached hydrogen (secondary N) is 1. The number of amides is 1. The van der Waals surface area contributed by atoms with E-state index < -0.39 is 0 Å². The van der Waals surface area contributed by atoms with Crippen LogP contribution >= 0.6 is 28.5 Å². The van der Waals surface area contributed by atoms with Gasteiger partial charge in [-0.05, 0) is 34.0 Å². The van der Waals surface area contributed by atoms with Gasteiger partial charge in [-0.15, -0.1) is 0 Å². The van der Waals surface area contributed by atoms with Gasteiger partial charge in [-0.2, -0.15) is 0 Å². The van der Waals surface area contributed by atoms with Crippen LogP contribution in [0.25, 0.3) is 11.0 Å². The van der Waals surface area contributed by atoms with E-state index in [4.69, 9.17) is 16.1 Å². The first-order chi connectivity index (χ1) is 16.3. The van der Waals surface area contributed by atoms with Crippen LogP contribution in [-0.4, -0.2) is 49.4 Å². The Bertz CT molecular complexity index is 1200. The number of nitrogens with two attached hydrogens (primary N) is 2. The summed E-state index contributed by atoms with van der Waals surface area (Å²) in [5.41, 5.74) is 8.22. The number of fused-ring (bicyclic) bond motifs is 1. The molecule has 1 atom stereocenters. The van der Waals surface area contributed by atoms with Crippen molar-refractivity contribution in [1.82, 2.24) is 24.5 Å². The molecule has 13 heteroatoms. The minimum atomic E-state index is -0.373. The van der Waals surface area contributed by atoms with Crippen molar-refractivity contribution in [3.05, 3.63) is 60.2 Å². The van der Waals surface area contributed by atoms with Crippen LogP contribution in [0.3, 0.4) is 0 Å². The summed E-state index contributed by atoms with van der Waals surface area (Å²) in [6.45, 7) is 5.14. The summed E-state index contributed by atoms with van der Waals surface area (Å²) < 4.78 is 7.31. The standard InChI is InChI=1S/C21H26IN8O3P/c1-13(2)18(23)10-30(24)11-19(31)28-15-5-14(6-25-7-15)20(32)17-9-29(3-4-33-34-22)21-16(17)8-26-12-27-21/h5-10,12-13,34H,3-4,11,23-24H2,1-2H3,(H,28,31)/b18-10-. The molecule has 5 N–H and O–H groups in total. The van der Waals surface area contributed by atoms with Crippen molar-refractivity contribution < 1.29 is 14.1 Å². The highest BCUT2D eigenvalue weighted by atomic mass is 127. The highest BCUT2D eigenvalue weighted by Gasteiger charge is 2.19. The summed E-state index contributed by atoms with van der Waals surface area (Å²) in [6.07, 6.45) is 9.22. The molecule has 0 fully saturated rings. The van der Waals surface area contributed by atoms with Crippen molar-refractivity contribution in [1.29, 1.82) is 0 Å². The number of aromatic nitrogens is 4. The van der Waals surface area contributed by atoms with Crippen molar-refractivity contribution in [2.24, 2.45) is 17.5 Å². The number of hydrogen-bond acceptors (Lipinski definition) is 9. The lowest BCUT2D eigenvalue weighted by atomic mass is 10.1. The number of halogens is 1. The summed E-state index contributed by atoms with van der Waals surface area (Å²) in [7, 11) is 0. The van der Waals surface area contributed by atoms with Crippen molar-refractivity contribution in [2.75, 3.05) is 18.5 Å². The summed E-state index contributed by atoms with van der Waals surface area (Å²) in [4.78, 5) is 38.2. The minimum absolute atomic E-state index is 0.108. The molecule has 0 spiro atoms. The van der Waals surface area contributed by atoms with Gasteiger partial charge in [0.25, 0.3) is 0 Å². The monoisotopic (exact) mass is 596 g/mol. The molecule has 11 nitrogen and oxygen atoms in total. The molecular formula is C21H26IN8O3P. The van der Waals surface area contributed by atoms with Gasteiger partial charge < -0.3 is 25.2 Å². The number of allylic oxidation sites excluding steroid dienone is 1. The Morgan fingerprint density at radius 3 is 2.85 bits per heavy atom. The lowest BCUT2D eigenvalue weighted by molar-refractivity contribution is -0.116. The zero-order chi connectivity index (χ0) is 24.7. The molecule has 0 radical (unpaired) electrons. The third-order valence-electron chi connectivity index (χ3n) is 4.86. The van der Waals surface area contributed by atoms with Gasteiger partial charge in [0, 0.05) is 48.0 Å². The number of ketones is 1. The van der Waals surface area contributed by atoms with Crippen LogP contribution in [0, 0.1) is 5.92 Å². The van der Waals surface area contributed by atoms with E-state index in [0.717, 1.165) is 0 Å². The molecule has 0 bridgehead atoms. The number of hydrogen-bond donors (Lipinski definition) is 3. The molecule has 3 rings (SSSR count). The van der Waals surface area contributed by atoms with E-state index in [0.29, 0.717) is 53.1 Å². The first-order valence-corrected chi connectivity index (χ1v) is 14.4. The van der Waals surface area contributed by atoms with Crippen molar-refractivity contribution in [2.45, 2.75) is 20.4 Å². The average molecular weight is 596 g/mol. The lowest BCUT2D eigenvalue weighted by Gasteiger charge is -2.16. The Balaban J connectivity index is 1.77. The van der Waals surface area contributed by atoms with E-state index in [2.05, 4.69) is 42.3 Å². The second kappa shape index (κ2) is 12.2. The fourth-order valence-corrected chi connectivity index (χ4v) is 3.93. The number of anilines is 1. The quantitative estimate of drug-likeness (QED) is 0.0757. The molecule has 0 aromatic carbocycles. The first-order valence-electron chi connectivity index (χ1n) is 10.3. The van der Waals surface area contributed by atoms with Gasteiger partial charge in [-0.3, -0.25) is 14.6 Å². The maximum atomic E-state index is 13.3. The number of nitrogens with zero attached hydrogens (tertiary/aromatic N) is 5. The Morgan fingerprint density at radius 1 is 1.32 bits per heavy atom. The molecule has 0 aliphatic carbocycles. The van der Waals surface area contributed by atoms with Crippen LogP contribution in [0.2, 0.25) is 0 Å². The molecule has 1 unspecified atom stereocenters. The Morgan fingerprint density at radius 2 is 2.12 bits per heavy atom. The predicted octanol–water partition coefficient (Wildman–Crippen LogP) is 2.59. The van der Waals surface area contributed by atoms with Crippen LogP contribution in [0.1, 0.15) is 29.8 Å². The molecule has 3 heterocycles. The third kappa shape index (κ3) is 6.69. The summed E-state index contributed by atoms with van der Waals surface area (Å²) in [6, 6.07) is 1.57. The van der Waals surface area contributed by atoms with Crippen molar-refractivity contribution >= 4 is 56.9 Å².